The maximum Gasteiger partial charge on any atom is 0.127 e. The van der Waals surface area contributed by atoms with Crippen molar-refractivity contribution in [1.29, 1.82) is 0 Å². The second-order valence-corrected chi connectivity index (χ2v) is 9.97. The second kappa shape index (κ2) is 15.3. The van der Waals surface area contributed by atoms with E-state index in [9.17, 15) is 0 Å². The van der Waals surface area contributed by atoms with E-state index in [1.165, 1.54) is 32.1 Å². The first-order valence-corrected chi connectivity index (χ1v) is 14.1. The van der Waals surface area contributed by atoms with E-state index in [-0.39, 0.29) is 6.10 Å². The van der Waals surface area contributed by atoms with E-state index < -0.39 is 0 Å². The number of nitrogen functional groups attached to an aromatic ring is 2. The summed E-state index contributed by atoms with van der Waals surface area (Å²) in [6.45, 7) is 2.86. The molecule has 6 heteroatoms. The zero-order valence-corrected chi connectivity index (χ0v) is 23.3. The molecule has 4 N–H and O–H groups in total. The van der Waals surface area contributed by atoms with Gasteiger partial charge < -0.3 is 30.4 Å². The van der Waals surface area contributed by atoms with Gasteiger partial charge in [0.1, 0.15) is 34.5 Å². The molecule has 4 rings (SSSR count). The van der Waals surface area contributed by atoms with Crippen molar-refractivity contribution in [3.8, 4) is 34.5 Å². The maximum atomic E-state index is 6.08. The van der Waals surface area contributed by atoms with Gasteiger partial charge in [-0.25, -0.2) is 0 Å². The Morgan fingerprint density at radius 3 is 1.35 bits per heavy atom. The molecule has 0 fully saturated rings. The van der Waals surface area contributed by atoms with Crippen LogP contribution in [0.25, 0.3) is 0 Å². The molecule has 1 atom stereocenters. The highest BCUT2D eigenvalue weighted by Gasteiger charge is 2.05. The number of nitrogens with two attached hydrogens (primary N) is 2. The molecule has 210 valence electrons. The largest absolute Gasteiger partial charge is 0.494 e. The third-order valence-electron chi connectivity index (χ3n) is 6.49. The lowest BCUT2D eigenvalue weighted by atomic mass is 10.1. The zero-order chi connectivity index (χ0) is 28.0. The fourth-order valence-electron chi connectivity index (χ4n) is 4.26. The van der Waals surface area contributed by atoms with Gasteiger partial charge in [0.25, 0.3) is 0 Å². The number of hydrogen-bond acceptors (Lipinski definition) is 6. The summed E-state index contributed by atoms with van der Waals surface area (Å²) in [5.41, 5.74) is 12.9. The summed E-state index contributed by atoms with van der Waals surface area (Å²) in [5.74, 6) is 4.79. The minimum Gasteiger partial charge on any atom is -0.494 e. The summed E-state index contributed by atoms with van der Waals surface area (Å²) >= 11 is 0. The smallest absolute Gasteiger partial charge is 0.127 e. The van der Waals surface area contributed by atoms with Gasteiger partial charge >= 0.3 is 0 Å². The van der Waals surface area contributed by atoms with Gasteiger partial charge in [-0.05, 0) is 123 Å². The maximum absolute atomic E-state index is 6.08. The number of unbranched alkanes of at least 4 members (excludes halogenated alkanes) is 5. The summed E-state index contributed by atoms with van der Waals surface area (Å²) in [4.78, 5) is 0. The molecule has 4 aromatic carbocycles. The SMILES string of the molecule is CC(CCCCCCCCOc1ccc(Oc2ccc(N)cc2)cc1)Oc1ccc(Oc2ccc(N)cc2)cc1. The molecule has 0 aliphatic heterocycles. The Balaban J connectivity index is 1.01. The molecule has 0 radical (unpaired) electrons. The van der Waals surface area contributed by atoms with Crippen LogP contribution >= 0.6 is 0 Å². The highest BCUT2D eigenvalue weighted by molar-refractivity contribution is 5.44. The monoisotopic (exact) mass is 540 g/mol. The zero-order valence-electron chi connectivity index (χ0n) is 23.3. The van der Waals surface area contributed by atoms with Gasteiger partial charge in [-0.2, -0.15) is 0 Å². The highest BCUT2D eigenvalue weighted by Crippen LogP contribution is 2.26. The van der Waals surface area contributed by atoms with Crippen molar-refractivity contribution in [3.05, 3.63) is 97.1 Å². The van der Waals surface area contributed by atoms with Crippen molar-refractivity contribution in [2.75, 3.05) is 18.1 Å². The van der Waals surface area contributed by atoms with Crippen molar-refractivity contribution in [2.24, 2.45) is 0 Å². The summed E-state index contributed by atoms with van der Waals surface area (Å²) < 4.78 is 23.6. The predicted octanol–water partition coefficient (Wildman–Crippen LogP) is 9.01. The van der Waals surface area contributed by atoms with Gasteiger partial charge in [0.2, 0.25) is 0 Å². The van der Waals surface area contributed by atoms with E-state index in [0.717, 1.165) is 65.3 Å². The molecule has 0 spiro atoms. The molecule has 0 saturated heterocycles. The van der Waals surface area contributed by atoms with Crippen LogP contribution in [0.5, 0.6) is 34.5 Å². The third kappa shape index (κ3) is 10.1. The summed E-state index contributed by atoms with van der Waals surface area (Å²) in [7, 11) is 0. The average molecular weight is 541 g/mol. The molecule has 0 aliphatic rings. The van der Waals surface area contributed by atoms with Crippen LogP contribution in [0.4, 0.5) is 11.4 Å². The van der Waals surface area contributed by atoms with E-state index >= 15 is 0 Å². The number of benzene rings is 4. The normalized spacial score (nSPS) is 11.5. The average Bonchev–Trinajstić information content (AvgIpc) is 2.96. The van der Waals surface area contributed by atoms with Crippen LogP contribution in [-0.2, 0) is 0 Å². The molecule has 40 heavy (non-hydrogen) atoms. The lowest BCUT2D eigenvalue weighted by Gasteiger charge is -2.15. The first-order chi connectivity index (χ1) is 19.5. The van der Waals surface area contributed by atoms with Crippen molar-refractivity contribution >= 4 is 11.4 Å². The van der Waals surface area contributed by atoms with Gasteiger partial charge in [-0.3, -0.25) is 0 Å². The first-order valence-electron chi connectivity index (χ1n) is 14.1. The molecule has 0 aromatic heterocycles. The van der Waals surface area contributed by atoms with Gasteiger partial charge in [-0.15, -0.1) is 0 Å². The van der Waals surface area contributed by atoms with Crippen LogP contribution in [-0.4, -0.2) is 12.7 Å². The minimum atomic E-state index is 0.181. The Bertz CT molecular complexity index is 1260. The number of anilines is 2. The van der Waals surface area contributed by atoms with Crippen LogP contribution in [0.2, 0.25) is 0 Å². The lowest BCUT2D eigenvalue weighted by molar-refractivity contribution is 0.206. The van der Waals surface area contributed by atoms with E-state index in [2.05, 4.69) is 6.92 Å². The third-order valence-corrected chi connectivity index (χ3v) is 6.49. The van der Waals surface area contributed by atoms with Gasteiger partial charge in [-0.1, -0.05) is 25.7 Å². The molecule has 0 amide bonds. The van der Waals surface area contributed by atoms with E-state index in [1.54, 1.807) is 0 Å². The van der Waals surface area contributed by atoms with Crippen LogP contribution in [0.1, 0.15) is 51.9 Å². The number of rotatable bonds is 16. The summed E-state index contributed by atoms with van der Waals surface area (Å²) in [6, 6.07) is 30.2. The molecule has 6 nitrogen and oxygen atoms in total. The van der Waals surface area contributed by atoms with Gasteiger partial charge in [0.05, 0.1) is 12.7 Å². The minimum absolute atomic E-state index is 0.181. The van der Waals surface area contributed by atoms with Gasteiger partial charge in [0, 0.05) is 11.4 Å². The molecule has 0 saturated carbocycles. The Kier molecular flexibility index (Phi) is 11.0. The van der Waals surface area contributed by atoms with Crippen LogP contribution in [0, 0.1) is 0 Å². The molecular weight excluding hydrogens is 500 g/mol. The summed E-state index contributed by atoms with van der Waals surface area (Å²) in [5, 5.41) is 0. The predicted molar refractivity (Wildman–Crippen MR) is 163 cm³/mol. The molecule has 1 unspecified atom stereocenters. The lowest BCUT2D eigenvalue weighted by Crippen LogP contribution is -2.11. The Morgan fingerprint density at radius 1 is 0.475 bits per heavy atom. The Hall–Kier alpha value is -4.32. The summed E-state index contributed by atoms with van der Waals surface area (Å²) in [6.07, 6.45) is 8.31. The van der Waals surface area contributed by atoms with Crippen molar-refractivity contribution in [3.63, 3.8) is 0 Å². The molecule has 0 bridgehead atoms. The fourth-order valence-corrected chi connectivity index (χ4v) is 4.26. The van der Waals surface area contributed by atoms with Crippen molar-refractivity contribution in [1.82, 2.24) is 0 Å². The molecular formula is C34H40N2O4. The fraction of sp³-hybridized carbons (Fsp3) is 0.294. The standard InChI is InChI=1S/C34H40N2O4/c1-26(38-30-21-23-34(24-22-30)40-32-15-11-28(36)12-16-32)8-6-4-2-3-5-7-25-37-29-17-19-33(20-18-29)39-31-13-9-27(35)10-14-31/h9-24,26H,2-8,25,35-36H2,1H3. The van der Waals surface area contributed by atoms with Crippen molar-refractivity contribution < 1.29 is 18.9 Å². The molecule has 0 aliphatic carbocycles. The second-order valence-electron chi connectivity index (χ2n) is 9.97. The van der Waals surface area contributed by atoms with E-state index in [4.69, 9.17) is 30.4 Å². The van der Waals surface area contributed by atoms with Crippen LogP contribution in [0.15, 0.2) is 97.1 Å². The Morgan fingerprint density at radius 2 is 0.850 bits per heavy atom. The van der Waals surface area contributed by atoms with Crippen molar-refractivity contribution in [2.45, 2.75) is 58.0 Å². The first kappa shape index (κ1) is 28.7. The van der Waals surface area contributed by atoms with E-state index in [0.29, 0.717) is 0 Å². The van der Waals surface area contributed by atoms with Gasteiger partial charge in [0.15, 0.2) is 0 Å². The number of ether oxygens (including phenoxy) is 4. The van der Waals surface area contributed by atoms with Crippen LogP contribution < -0.4 is 30.4 Å². The number of hydrogen-bond donors (Lipinski definition) is 2. The molecule has 4 aromatic rings. The van der Waals surface area contributed by atoms with Crippen LogP contribution in [0.3, 0.4) is 0 Å². The quantitative estimate of drug-likeness (QED) is 0.109. The van der Waals surface area contributed by atoms with E-state index in [1.807, 2.05) is 97.1 Å². The highest BCUT2D eigenvalue weighted by atomic mass is 16.5. The Labute approximate surface area is 237 Å². The molecule has 0 heterocycles. The topological polar surface area (TPSA) is 89.0 Å².